The molecule has 3 heterocycles. The fourth-order valence-corrected chi connectivity index (χ4v) is 5.50. The van der Waals surface area contributed by atoms with Gasteiger partial charge in [0.15, 0.2) is 15.6 Å². The lowest BCUT2D eigenvalue weighted by Crippen LogP contribution is -2.31. The number of fused-ring (bicyclic) bond motifs is 3. The van der Waals surface area contributed by atoms with Crippen LogP contribution < -0.4 is 0 Å². The number of hydrogen-bond donors (Lipinski definition) is 0. The van der Waals surface area contributed by atoms with E-state index < -0.39 is 15.1 Å². The van der Waals surface area contributed by atoms with Crippen LogP contribution >= 0.6 is 0 Å². The summed E-state index contributed by atoms with van der Waals surface area (Å²) in [5.74, 6) is -0.132. The van der Waals surface area contributed by atoms with Crippen LogP contribution in [0.15, 0.2) is 52.0 Å². The Morgan fingerprint density at radius 1 is 1.14 bits per heavy atom. The van der Waals surface area contributed by atoms with E-state index in [0.717, 1.165) is 5.56 Å². The molecule has 0 unspecified atom stereocenters. The molecule has 2 aliphatic heterocycles. The second-order valence-electron chi connectivity index (χ2n) is 5.42. The summed E-state index contributed by atoms with van der Waals surface area (Å²) in [5.41, 5.74) is 0.831. The molecular formula is C15H13NO4S. The van der Waals surface area contributed by atoms with E-state index in [1.165, 1.54) is 6.26 Å². The van der Waals surface area contributed by atoms with Crippen LogP contribution in [0.25, 0.3) is 0 Å². The van der Waals surface area contributed by atoms with Crippen molar-refractivity contribution in [3.8, 4) is 0 Å². The van der Waals surface area contributed by atoms with Gasteiger partial charge in [0.05, 0.1) is 16.4 Å². The van der Waals surface area contributed by atoms with Crippen molar-refractivity contribution in [3.63, 3.8) is 0 Å². The van der Waals surface area contributed by atoms with E-state index in [-0.39, 0.29) is 24.1 Å². The summed E-state index contributed by atoms with van der Waals surface area (Å²) >= 11 is 0. The Kier molecular flexibility index (Phi) is 2.53. The summed E-state index contributed by atoms with van der Waals surface area (Å²) in [6.07, 6.45) is 1.44. The molecule has 5 nitrogen and oxygen atoms in total. The number of hydrogen-bond acceptors (Lipinski definition) is 4. The molecule has 1 aromatic carbocycles. The van der Waals surface area contributed by atoms with Crippen molar-refractivity contribution >= 4 is 15.7 Å². The van der Waals surface area contributed by atoms with Crippen LogP contribution in [-0.2, 0) is 9.84 Å². The fourth-order valence-electron chi connectivity index (χ4n) is 3.32. The number of benzene rings is 1. The Bertz CT molecular complexity index is 810. The first-order chi connectivity index (χ1) is 10.1. The Morgan fingerprint density at radius 2 is 1.95 bits per heavy atom. The molecule has 0 bridgehead atoms. The summed E-state index contributed by atoms with van der Waals surface area (Å²) in [6, 6.07) is 10.3. The van der Waals surface area contributed by atoms with Gasteiger partial charge in [-0.25, -0.2) is 8.42 Å². The molecule has 0 aliphatic carbocycles. The predicted octanol–water partition coefficient (Wildman–Crippen LogP) is 1.68. The largest absolute Gasteiger partial charge is 0.459 e. The number of amides is 1. The molecule has 6 heteroatoms. The summed E-state index contributed by atoms with van der Waals surface area (Å²) in [4.78, 5) is 14.3. The molecule has 2 aliphatic rings. The second-order valence-corrected chi connectivity index (χ2v) is 7.55. The maximum atomic E-state index is 12.6. The van der Waals surface area contributed by atoms with Crippen molar-refractivity contribution in [2.24, 2.45) is 0 Å². The van der Waals surface area contributed by atoms with Crippen molar-refractivity contribution in [2.75, 3.05) is 13.1 Å². The minimum atomic E-state index is -3.34. The first-order valence-corrected chi connectivity index (χ1v) is 8.29. The topological polar surface area (TPSA) is 67.6 Å². The molecule has 2 aromatic rings. The van der Waals surface area contributed by atoms with Crippen LogP contribution in [0.3, 0.4) is 0 Å². The maximum Gasteiger partial charge on any atom is 0.289 e. The van der Waals surface area contributed by atoms with Crippen molar-refractivity contribution in [1.82, 2.24) is 4.90 Å². The number of nitrogens with zero attached hydrogens (tertiary/aromatic N) is 1. The number of carbonyl (C=O) groups is 1. The highest BCUT2D eigenvalue weighted by molar-refractivity contribution is 7.92. The third-order valence-electron chi connectivity index (χ3n) is 4.31. The number of likely N-dealkylation sites (tertiary alicyclic amines) is 1. The van der Waals surface area contributed by atoms with Crippen LogP contribution in [-0.4, -0.2) is 37.6 Å². The summed E-state index contributed by atoms with van der Waals surface area (Å²) in [5, 5.41) is -0.534. The molecule has 1 fully saturated rings. The monoisotopic (exact) mass is 303 g/mol. The number of rotatable bonds is 1. The van der Waals surface area contributed by atoms with Gasteiger partial charge in [0.1, 0.15) is 0 Å². The van der Waals surface area contributed by atoms with Gasteiger partial charge in [0.25, 0.3) is 5.91 Å². The molecule has 4 rings (SSSR count). The molecule has 1 saturated heterocycles. The zero-order valence-electron chi connectivity index (χ0n) is 11.1. The average Bonchev–Trinajstić information content (AvgIpc) is 3.18. The number of sulfone groups is 1. The summed E-state index contributed by atoms with van der Waals surface area (Å²) in [7, 11) is -3.34. The van der Waals surface area contributed by atoms with E-state index in [1.807, 2.05) is 12.1 Å². The minimum absolute atomic E-state index is 0.134. The van der Waals surface area contributed by atoms with Gasteiger partial charge in [-0.2, -0.15) is 0 Å². The Balaban J connectivity index is 1.70. The van der Waals surface area contributed by atoms with Gasteiger partial charge in [-0.05, 0) is 23.8 Å². The highest BCUT2D eigenvalue weighted by atomic mass is 32.2. The molecule has 0 spiro atoms. The minimum Gasteiger partial charge on any atom is -0.459 e. The smallest absolute Gasteiger partial charge is 0.289 e. The van der Waals surface area contributed by atoms with Gasteiger partial charge in [-0.15, -0.1) is 0 Å². The van der Waals surface area contributed by atoms with Crippen LogP contribution in [0.4, 0.5) is 0 Å². The SMILES string of the molecule is O=C(c1ccco1)N1C[C@@H]2c3ccccc3S(=O)(=O)[C@@H]2C1. The quantitative estimate of drug-likeness (QED) is 0.804. The highest BCUT2D eigenvalue weighted by Gasteiger charge is 2.51. The third kappa shape index (κ3) is 1.68. The van der Waals surface area contributed by atoms with Gasteiger partial charge >= 0.3 is 0 Å². The first-order valence-electron chi connectivity index (χ1n) is 6.74. The first kappa shape index (κ1) is 12.6. The Morgan fingerprint density at radius 3 is 2.71 bits per heavy atom. The van der Waals surface area contributed by atoms with Crippen LogP contribution in [0, 0.1) is 0 Å². The number of furan rings is 1. The summed E-state index contributed by atoms with van der Waals surface area (Å²) < 4.78 is 30.2. The molecular weight excluding hydrogens is 290 g/mol. The summed E-state index contributed by atoms with van der Waals surface area (Å²) in [6.45, 7) is 0.641. The van der Waals surface area contributed by atoms with E-state index in [4.69, 9.17) is 4.42 Å². The van der Waals surface area contributed by atoms with E-state index in [9.17, 15) is 13.2 Å². The van der Waals surface area contributed by atoms with E-state index in [1.54, 1.807) is 29.2 Å². The fraction of sp³-hybridized carbons (Fsp3) is 0.267. The van der Waals surface area contributed by atoms with Crippen molar-refractivity contribution < 1.29 is 17.6 Å². The lowest BCUT2D eigenvalue weighted by atomic mass is 9.99. The second kappa shape index (κ2) is 4.21. The van der Waals surface area contributed by atoms with Gasteiger partial charge in [0, 0.05) is 19.0 Å². The van der Waals surface area contributed by atoms with Crippen molar-refractivity contribution in [3.05, 3.63) is 54.0 Å². The average molecular weight is 303 g/mol. The molecule has 1 aromatic heterocycles. The molecule has 108 valence electrons. The molecule has 0 saturated carbocycles. The third-order valence-corrected chi connectivity index (χ3v) is 6.57. The number of carbonyl (C=O) groups excluding carboxylic acids is 1. The van der Waals surface area contributed by atoms with E-state index in [0.29, 0.717) is 11.4 Å². The standard InChI is InChI=1S/C15H13NO4S/c17-15(12-5-3-7-20-12)16-8-11-10-4-1-2-6-13(10)21(18,19)14(11)9-16/h1-7,11,14H,8-9H2/t11-,14-/m1/s1. The van der Waals surface area contributed by atoms with Crippen molar-refractivity contribution in [1.29, 1.82) is 0 Å². The lowest BCUT2D eigenvalue weighted by Gasteiger charge is -2.16. The molecule has 0 radical (unpaired) electrons. The lowest BCUT2D eigenvalue weighted by molar-refractivity contribution is 0.0759. The van der Waals surface area contributed by atoms with Crippen LogP contribution in [0.5, 0.6) is 0 Å². The maximum absolute atomic E-state index is 12.6. The van der Waals surface area contributed by atoms with Crippen LogP contribution in [0.2, 0.25) is 0 Å². The van der Waals surface area contributed by atoms with Crippen molar-refractivity contribution in [2.45, 2.75) is 16.1 Å². The molecule has 2 atom stereocenters. The molecule has 21 heavy (non-hydrogen) atoms. The van der Waals surface area contributed by atoms with Gasteiger partial charge in [-0.3, -0.25) is 4.79 Å². The Labute approximate surface area is 122 Å². The van der Waals surface area contributed by atoms with E-state index in [2.05, 4.69) is 0 Å². The zero-order valence-corrected chi connectivity index (χ0v) is 11.9. The normalized spacial score (nSPS) is 25.6. The van der Waals surface area contributed by atoms with Gasteiger partial charge < -0.3 is 9.32 Å². The van der Waals surface area contributed by atoms with Gasteiger partial charge in [0.2, 0.25) is 0 Å². The van der Waals surface area contributed by atoms with Gasteiger partial charge in [-0.1, -0.05) is 18.2 Å². The Hall–Kier alpha value is -2.08. The highest BCUT2D eigenvalue weighted by Crippen LogP contribution is 2.44. The van der Waals surface area contributed by atoms with E-state index >= 15 is 0 Å². The van der Waals surface area contributed by atoms with Crippen LogP contribution in [0.1, 0.15) is 22.0 Å². The zero-order chi connectivity index (χ0) is 14.6. The predicted molar refractivity (Wildman–Crippen MR) is 74.8 cm³/mol. The molecule has 1 amide bonds. The molecule has 0 N–H and O–H groups in total.